The number of aromatic nitrogens is 1. The Labute approximate surface area is 110 Å². The highest BCUT2D eigenvalue weighted by Crippen LogP contribution is 2.27. The minimum atomic E-state index is 0.559. The van der Waals surface area contributed by atoms with Crippen molar-refractivity contribution < 1.29 is 4.42 Å². The molecular weight excluding hydrogens is 280 g/mol. The fourth-order valence-corrected chi connectivity index (χ4v) is 2.49. The molecule has 17 heavy (non-hydrogen) atoms. The van der Waals surface area contributed by atoms with E-state index in [1.165, 1.54) is 5.56 Å². The maximum absolute atomic E-state index is 5.66. The second kappa shape index (κ2) is 5.19. The van der Waals surface area contributed by atoms with Crippen LogP contribution in [0.4, 0.5) is 0 Å². The molecular formula is C13H17BrN2O. The monoisotopic (exact) mass is 296 g/mol. The van der Waals surface area contributed by atoms with Gasteiger partial charge in [-0.05, 0) is 46.0 Å². The van der Waals surface area contributed by atoms with E-state index in [2.05, 4.69) is 46.9 Å². The summed E-state index contributed by atoms with van der Waals surface area (Å²) in [7, 11) is 0. The first-order valence-electron chi connectivity index (χ1n) is 5.88. The van der Waals surface area contributed by atoms with Gasteiger partial charge in [0.15, 0.2) is 11.5 Å². The quantitative estimate of drug-likeness (QED) is 0.942. The Morgan fingerprint density at radius 2 is 2.18 bits per heavy atom. The van der Waals surface area contributed by atoms with Crippen LogP contribution in [0.1, 0.15) is 25.3 Å². The lowest BCUT2D eigenvalue weighted by atomic mass is 10.0. The van der Waals surface area contributed by atoms with E-state index in [4.69, 9.17) is 10.2 Å². The zero-order valence-corrected chi connectivity index (χ0v) is 11.8. The molecule has 1 aromatic heterocycles. The number of hydrogen-bond donors (Lipinski definition) is 1. The fraction of sp³-hybridized carbons (Fsp3) is 0.462. The lowest BCUT2D eigenvalue weighted by molar-refractivity contribution is 0.530. The van der Waals surface area contributed by atoms with Gasteiger partial charge in [0.25, 0.3) is 0 Å². The number of halogens is 1. The third-order valence-electron chi connectivity index (χ3n) is 2.55. The predicted octanol–water partition coefficient (Wildman–Crippen LogP) is 3.29. The van der Waals surface area contributed by atoms with E-state index in [0.717, 1.165) is 22.0 Å². The average molecular weight is 297 g/mol. The minimum absolute atomic E-state index is 0.559. The molecule has 0 fully saturated rings. The summed E-state index contributed by atoms with van der Waals surface area (Å²) < 4.78 is 6.63. The molecule has 2 aromatic rings. The van der Waals surface area contributed by atoms with Crippen molar-refractivity contribution in [3.05, 3.63) is 28.1 Å². The first kappa shape index (κ1) is 12.6. The van der Waals surface area contributed by atoms with Gasteiger partial charge in [-0.2, -0.15) is 0 Å². The number of fused-ring (bicyclic) bond motifs is 1. The molecule has 92 valence electrons. The van der Waals surface area contributed by atoms with Crippen LogP contribution >= 0.6 is 15.9 Å². The SMILES string of the molecule is CC(C)Cc1cc(Br)c2oc(CCN)nc2c1. The number of rotatable bonds is 4. The summed E-state index contributed by atoms with van der Waals surface area (Å²) >= 11 is 3.54. The summed E-state index contributed by atoms with van der Waals surface area (Å²) in [4.78, 5) is 4.45. The van der Waals surface area contributed by atoms with Gasteiger partial charge in [0.05, 0.1) is 4.47 Å². The van der Waals surface area contributed by atoms with Gasteiger partial charge >= 0.3 is 0 Å². The van der Waals surface area contributed by atoms with Crippen LogP contribution in [0.5, 0.6) is 0 Å². The van der Waals surface area contributed by atoms with Gasteiger partial charge < -0.3 is 10.2 Å². The van der Waals surface area contributed by atoms with E-state index in [-0.39, 0.29) is 0 Å². The van der Waals surface area contributed by atoms with Crippen LogP contribution in [0.15, 0.2) is 21.0 Å². The smallest absolute Gasteiger partial charge is 0.196 e. The second-order valence-corrected chi connectivity index (χ2v) is 5.52. The van der Waals surface area contributed by atoms with E-state index >= 15 is 0 Å². The van der Waals surface area contributed by atoms with E-state index in [9.17, 15) is 0 Å². The van der Waals surface area contributed by atoms with Crippen molar-refractivity contribution in [1.29, 1.82) is 0 Å². The molecule has 0 amide bonds. The Balaban J connectivity index is 2.42. The molecule has 0 saturated carbocycles. The van der Waals surface area contributed by atoms with Gasteiger partial charge in [-0.3, -0.25) is 0 Å². The van der Waals surface area contributed by atoms with Gasteiger partial charge in [0.2, 0.25) is 0 Å². The summed E-state index contributed by atoms with van der Waals surface area (Å²) in [6.07, 6.45) is 1.73. The van der Waals surface area contributed by atoms with Crippen LogP contribution in [0.2, 0.25) is 0 Å². The Morgan fingerprint density at radius 1 is 1.41 bits per heavy atom. The molecule has 0 atom stereocenters. The van der Waals surface area contributed by atoms with Crippen molar-refractivity contribution in [2.45, 2.75) is 26.7 Å². The van der Waals surface area contributed by atoms with E-state index in [1.54, 1.807) is 0 Å². The zero-order chi connectivity index (χ0) is 12.4. The van der Waals surface area contributed by atoms with Gasteiger partial charge in [-0.1, -0.05) is 13.8 Å². The van der Waals surface area contributed by atoms with E-state index in [1.807, 2.05) is 0 Å². The topological polar surface area (TPSA) is 52.0 Å². The molecule has 0 radical (unpaired) electrons. The Hall–Kier alpha value is -0.870. The molecule has 2 rings (SSSR count). The van der Waals surface area contributed by atoms with E-state index < -0.39 is 0 Å². The molecule has 0 aliphatic carbocycles. The summed E-state index contributed by atoms with van der Waals surface area (Å²) in [5.41, 5.74) is 8.52. The molecule has 0 aliphatic rings. The maximum atomic E-state index is 5.66. The van der Waals surface area contributed by atoms with Crippen LogP contribution in [-0.4, -0.2) is 11.5 Å². The fourth-order valence-electron chi connectivity index (χ4n) is 1.91. The molecule has 2 N–H and O–H groups in total. The van der Waals surface area contributed by atoms with Crippen LogP contribution in [0.25, 0.3) is 11.1 Å². The van der Waals surface area contributed by atoms with Crippen molar-refractivity contribution in [2.75, 3.05) is 6.54 Å². The van der Waals surface area contributed by atoms with Crippen molar-refractivity contribution >= 4 is 27.0 Å². The van der Waals surface area contributed by atoms with Crippen LogP contribution in [-0.2, 0) is 12.8 Å². The lowest BCUT2D eigenvalue weighted by Crippen LogP contribution is -2.02. The second-order valence-electron chi connectivity index (χ2n) is 4.67. The number of nitrogens with two attached hydrogens (primary N) is 1. The summed E-state index contributed by atoms with van der Waals surface area (Å²) in [6, 6.07) is 4.21. The zero-order valence-electron chi connectivity index (χ0n) is 10.2. The van der Waals surface area contributed by atoms with Crippen molar-refractivity contribution in [3.8, 4) is 0 Å². The molecule has 0 saturated heterocycles. The van der Waals surface area contributed by atoms with Crippen LogP contribution < -0.4 is 5.73 Å². The van der Waals surface area contributed by atoms with Crippen LogP contribution in [0, 0.1) is 5.92 Å². The first-order valence-corrected chi connectivity index (χ1v) is 6.67. The van der Waals surface area contributed by atoms with Gasteiger partial charge in [-0.15, -0.1) is 0 Å². The third-order valence-corrected chi connectivity index (χ3v) is 3.14. The molecule has 0 spiro atoms. The third kappa shape index (κ3) is 2.87. The standard InChI is InChI=1S/C13H17BrN2O/c1-8(2)5-9-6-10(14)13-11(7-9)16-12(17-13)3-4-15/h6-8H,3-5,15H2,1-2H3. The lowest BCUT2D eigenvalue weighted by Gasteiger charge is -2.04. The summed E-state index contributed by atoms with van der Waals surface area (Å²) in [5, 5.41) is 0. The van der Waals surface area contributed by atoms with Crippen molar-refractivity contribution in [1.82, 2.24) is 4.98 Å². The molecule has 1 aromatic carbocycles. The Morgan fingerprint density at radius 3 is 2.82 bits per heavy atom. The normalized spacial score (nSPS) is 11.6. The maximum Gasteiger partial charge on any atom is 0.196 e. The predicted molar refractivity (Wildman–Crippen MR) is 73.0 cm³/mol. The first-order chi connectivity index (χ1) is 8.10. The molecule has 4 heteroatoms. The van der Waals surface area contributed by atoms with Crippen molar-refractivity contribution in [3.63, 3.8) is 0 Å². The van der Waals surface area contributed by atoms with Crippen molar-refractivity contribution in [2.24, 2.45) is 11.7 Å². The molecule has 1 heterocycles. The van der Waals surface area contributed by atoms with Gasteiger partial charge in [0, 0.05) is 13.0 Å². The van der Waals surface area contributed by atoms with Crippen LogP contribution in [0.3, 0.4) is 0 Å². The summed E-state index contributed by atoms with van der Waals surface area (Å²) in [6.45, 7) is 4.98. The Bertz CT molecular complexity index is 519. The highest BCUT2D eigenvalue weighted by atomic mass is 79.9. The van der Waals surface area contributed by atoms with Gasteiger partial charge in [-0.25, -0.2) is 4.98 Å². The summed E-state index contributed by atoms with van der Waals surface area (Å²) in [5.74, 6) is 1.35. The Kier molecular flexibility index (Phi) is 3.84. The molecule has 3 nitrogen and oxygen atoms in total. The minimum Gasteiger partial charge on any atom is -0.439 e. The molecule has 0 bridgehead atoms. The number of oxazole rings is 1. The largest absolute Gasteiger partial charge is 0.439 e. The highest BCUT2D eigenvalue weighted by Gasteiger charge is 2.10. The average Bonchev–Trinajstić information content (AvgIpc) is 2.60. The number of benzene rings is 1. The number of hydrogen-bond acceptors (Lipinski definition) is 3. The molecule has 0 aliphatic heterocycles. The van der Waals surface area contributed by atoms with E-state index in [0.29, 0.717) is 24.8 Å². The van der Waals surface area contributed by atoms with Gasteiger partial charge in [0.1, 0.15) is 5.52 Å². The number of nitrogens with zero attached hydrogens (tertiary/aromatic N) is 1. The highest BCUT2D eigenvalue weighted by molar-refractivity contribution is 9.10. The molecule has 0 unspecified atom stereocenters.